The Morgan fingerprint density at radius 2 is 2.00 bits per heavy atom. The Bertz CT molecular complexity index is 981. The monoisotopic (exact) mass is 360 g/mol. The average molecular weight is 360 g/mol. The van der Waals surface area contributed by atoms with Crippen molar-refractivity contribution in [2.75, 3.05) is 13.2 Å². The third-order valence-corrected chi connectivity index (χ3v) is 4.82. The van der Waals surface area contributed by atoms with Crippen molar-refractivity contribution < 1.29 is 9.53 Å². The molecule has 0 atom stereocenters. The Morgan fingerprint density at radius 3 is 2.85 bits per heavy atom. The smallest absolute Gasteiger partial charge is 0.254 e. The molecule has 0 bridgehead atoms. The van der Waals surface area contributed by atoms with Crippen LogP contribution in [0.3, 0.4) is 0 Å². The van der Waals surface area contributed by atoms with E-state index in [2.05, 4.69) is 26.0 Å². The third-order valence-electron chi connectivity index (χ3n) is 4.82. The van der Waals surface area contributed by atoms with Crippen LogP contribution in [0.4, 0.5) is 0 Å². The molecule has 1 aliphatic heterocycles. The molecule has 4 heteroatoms. The molecule has 0 fully saturated rings. The first-order chi connectivity index (χ1) is 13.1. The number of para-hydroxylation sites is 1. The predicted molar refractivity (Wildman–Crippen MR) is 107 cm³/mol. The minimum absolute atomic E-state index is 0.0494. The van der Waals surface area contributed by atoms with Crippen molar-refractivity contribution in [1.82, 2.24) is 9.88 Å². The number of fused-ring (bicyclic) bond motifs is 2. The van der Waals surface area contributed by atoms with Gasteiger partial charge in [-0.1, -0.05) is 38.1 Å². The maximum atomic E-state index is 13.2. The van der Waals surface area contributed by atoms with E-state index in [1.165, 1.54) is 0 Å². The van der Waals surface area contributed by atoms with E-state index >= 15 is 0 Å². The van der Waals surface area contributed by atoms with Gasteiger partial charge in [0.1, 0.15) is 5.75 Å². The molecule has 0 N–H and O–H groups in total. The van der Waals surface area contributed by atoms with E-state index in [1.807, 2.05) is 47.4 Å². The first-order valence-corrected chi connectivity index (χ1v) is 9.50. The van der Waals surface area contributed by atoms with E-state index < -0.39 is 0 Å². The van der Waals surface area contributed by atoms with Crippen molar-refractivity contribution >= 4 is 16.8 Å². The predicted octanol–water partition coefficient (Wildman–Crippen LogP) is 4.47. The first kappa shape index (κ1) is 17.5. The molecule has 2 aromatic carbocycles. The Hall–Kier alpha value is -2.88. The van der Waals surface area contributed by atoms with Crippen LogP contribution in [0.5, 0.6) is 5.75 Å². The summed E-state index contributed by atoms with van der Waals surface area (Å²) in [5.74, 6) is 1.33. The molecule has 0 unspecified atom stereocenters. The van der Waals surface area contributed by atoms with E-state index in [9.17, 15) is 4.79 Å². The number of pyridine rings is 1. The molecule has 1 aliphatic rings. The number of benzene rings is 2. The van der Waals surface area contributed by atoms with E-state index in [-0.39, 0.29) is 5.91 Å². The summed E-state index contributed by atoms with van der Waals surface area (Å²) in [6.07, 6.45) is 0.868. The summed E-state index contributed by atoms with van der Waals surface area (Å²) in [4.78, 5) is 19.8. The number of hydrogen-bond acceptors (Lipinski definition) is 3. The highest BCUT2D eigenvalue weighted by Crippen LogP contribution is 2.26. The lowest BCUT2D eigenvalue weighted by Gasteiger charge is -2.25. The summed E-state index contributed by atoms with van der Waals surface area (Å²) in [6, 6.07) is 17.9. The molecule has 1 aromatic heterocycles. The lowest BCUT2D eigenvalue weighted by Crippen LogP contribution is -2.34. The maximum Gasteiger partial charge on any atom is 0.254 e. The van der Waals surface area contributed by atoms with Crippen molar-refractivity contribution in [3.63, 3.8) is 0 Å². The lowest BCUT2D eigenvalue weighted by atomic mass is 10.1. The summed E-state index contributed by atoms with van der Waals surface area (Å²) in [5, 5.41) is 1.11. The number of carbonyl (C=O) groups is 1. The van der Waals surface area contributed by atoms with E-state index in [0.717, 1.165) is 39.9 Å². The summed E-state index contributed by atoms with van der Waals surface area (Å²) in [7, 11) is 0. The van der Waals surface area contributed by atoms with Gasteiger partial charge in [-0.05, 0) is 41.8 Å². The molecule has 0 saturated carbocycles. The van der Waals surface area contributed by atoms with Gasteiger partial charge in [0.25, 0.3) is 5.91 Å². The molecule has 2 heterocycles. The minimum Gasteiger partial charge on any atom is -0.493 e. The Labute approximate surface area is 159 Å². The van der Waals surface area contributed by atoms with E-state index in [4.69, 9.17) is 9.72 Å². The zero-order valence-electron chi connectivity index (χ0n) is 15.8. The number of amides is 1. The largest absolute Gasteiger partial charge is 0.493 e. The fourth-order valence-corrected chi connectivity index (χ4v) is 3.55. The number of rotatable bonds is 5. The van der Waals surface area contributed by atoms with Crippen LogP contribution >= 0.6 is 0 Å². The third kappa shape index (κ3) is 3.80. The Morgan fingerprint density at radius 1 is 1.15 bits per heavy atom. The molecule has 0 radical (unpaired) electrons. The van der Waals surface area contributed by atoms with Crippen LogP contribution < -0.4 is 4.74 Å². The Balaban J connectivity index is 1.60. The second-order valence-corrected chi connectivity index (χ2v) is 7.50. The van der Waals surface area contributed by atoms with Gasteiger partial charge in [-0.15, -0.1) is 0 Å². The highest BCUT2D eigenvalue weighted by atomic mass is 16.5. The van der Waals surface area contributed by atoms with Gasteiger partial charge < -0.3 is 9.64 Å². The van der Waals surface area contributed by atoms with Gasteiger partial charge in [-0.3, -0.25) is 9.78 Å². The van der Waals surface area contributed by atoms with Crippen LogP contribution in [0.2, 0.25) is 0 Å². The molecule has 0 aliphatic carbocycles. The minimum atomic E-state index is 0.0494. The summed E-state index contributed by atoms with van der Waals surface area (Å²) >= 11 is 0. The Kier molecular flexibility index (Phi) is 4.80. The van der Waals surface area contributed by atoms with Gasteiger partial charge in [0.15, 0.2) is 0 Å². The van der Waals surface area contributed by atoms with Crippen LogP contribution in [-0.2, 0) is 13.0 Å². The van der Waals surface area contributed by atoms with Gasteiger partial charge in [0, 0.05) is 23.9 Å². The molecule has 0 saturated heterocycles. The van der Waals surface area contributed by atoms with Gasteiger partial charge in [0.05, 0.1) is 24.4 Å². The highest BCUT2D eigenvalue weighted by molar-refractivity contribution is 5.94. The second-order valence-electron chi connectivity index (χ2n) is 7.50. The molecular formula is C23H24N2O2. The maximum absolute atomic E-state index is 13.2. The number of nitrogens with zero attached hydrogens (tertiary/aromatic N) is 2. The van der Waals surface area contributed by atoms with Crippen molar-refractivity contribution in [3.8, 4) is 5.75 Å². The van der Waals surface area contributed by atoms with Crippen molar-refractivity contribution in [2.24, 2.45) is 5.92 Å². The topological polar surface area (TPSA) is 42.4 Å². The van der Waals surface area contributed by atoms with Gasteiger partial charge in [0.2, 0.25) is 0 Å². The standard InChI is InChI=1S/C23H24N2O2/c1-16(2)14-25(15-20-9-7-17-5-3-4-6-21(17)24-20)23(26)19-8-10-22-18(13-19)11-12-27-22/h3-10,13,16H,11-12,14-15H2,1-2H3. The molecule has 3 aromatic rings. The average Bonchev–Trinajstić information content (AvgIpc) is 3.14. The SMILES string of the molecule is CC(C)CN(Cc1ccc2ccccc2n1)C(=O)c1ccc2c(c1)CCO2. The molecule has 27 heavy (non-hydrogen) atoms. The quantitative estimate of drug-likeness (QED) is 0.674. The van der Waals surface area contributed by atoms with Gasteiger partial charge in [-0.25, -0.2) is 0 Å². The van der Waals surface area contributed by atoms with Crippen LogP contribution in [0, 0.1) is 5.92 Å². The van der Waals surface area contributed by atoms with Gasteiger partial charge >= 0.3 is 0 Å². The van der Waals surface area contributed by atoms with Crippen LogP contribution in [-0.4, -0.2) is 28.9 Å². The number of hydrogen-bond donors (Lipinski definition) is 0. The second kappa shape index (κ2) is 7.39. The molecule has 4 nitrogen and oxygen atoms in total. The zero-order chi connectivity index (χ0) is 18.8. The highest BCUT2D eigenvalue weighted by Gasteiger charge is 2.21. The van der Waals surface area contributed by atoms with Crippen LogP contribution in [0.25, 0.3) is 10.9 Å². The van der Waals surface area contributed by atoms with Gasteiger partial charge in [-0.2, -0.15) is 0 Å². The van der Waals surface area contributed by atoms with E-state index in [0.29, 0.717) is 25.6 Å². The van der Waals surface area contributed by atoms with Crippen LogP contribution in [0.1, 0.15) is 35.5 Å². The molecule has 138 valence electrons. The fourth-order valence-electron chi connectivity index (χ4n) is 3.55. The molecule has 0 spiro atoms. The van der Waals surface area contributed by atoms with Crippen molar-refractivity contribution in [2.45, 2.75) is 26.8 Å². The van der Waals surface area contributed by atoms with Crippen LogP contribution in [0.15, 0.2) is 54.6 Å². The van der Waals surface area contributed by atoms with Crippen molar-refractivity contribution in [3.05, 3.63) is 71.4 Å². The molecule has 4 rings (SSSR count). The fraction of sp³-hybridized carbons (Fsp3) is 0.304. The summed E-state index contributed by atoms with van der Waals surface area (Å²) in [5.41, 5.74) is 3.71. The van der Waals surface area contributed by atoms with Crippen molar-refractivity contribution in [1.29, 1.82) is 0 Å². The number of ether oxygens (including phenoxy) is 1. The molecular weight excluding hydrogens is 336 g/mol. The van der Waals surface area contributed by atoms with E-state index in [1.54, 1.807) is 0 Å². The summed E-state index contributed by atoms with van der Waals surface area (Å²) in [6.45, 7) is 6.16. The number of aromatic nitrogens is 1. The normalized spacial score (nSPS) is 12.9. The molecule has 1 amide bonds. The summed E-state index contributed by atoms with van der Waals surface area (Å²) < 4.78 is 5.56. The lowest BCUT2D eigenvalue weighted by molar-refractivity contribution is 0.0720. The first-order valence-electron chi connectivity index (χ1n) is 9.50. The zero-order valence-corrected chi connectivity index (χ0v) is 15.8. The number of carbonyl (C=O) groups excluding carboxylic acids is 1.